The minimum absolute atomic E-state index is 0.101. The number of rotatable bonds is 61. The van der Waals surface area contributed by atoms with Gasteiger partial charge in [0.2, 0.25) is 0 Å². The number of carbonyl (C=O) groups excluding carboxylic acids is 3. The van der Waals surface area contributed by atoms with Gasteiger partial charge in [0.05, 0.1) is 0 Å². The fraction of sp³-hybridized carbons (Fsp3) is 0.649. The molecule has 0 rings (SSSR count). The maximum Gasteiger partial charge on any atom is 0.306 e. The first-order chi connectivity index (χ1) is 41.0. The normalized spacial score (nSPS) is 13.0. The Balaban J connectivity index is 4.22. The SMILES string of the molecule is CC/C=C\C/C=C\C/C=C\C/C=C\C/C=C\C/C=C\CCCCCCCCCCCCCCCCCCC(=O)OCC(COC(=O)CCCCCCC/C=C\C/C=C\CCCCC)OC(=O)CCCC/C=C\C/C=C\C/C=C\C/C=C\CC. The number of esters is 3. The summed E-state index contributed by atoms with van der Waals surface area (Å²) in [6.45, 7) is 6.35. The first kappa shape index (κ1) is 78.3. The molecule has 0 heterocycles. The quantitative estimate of drug-likeness (QED) is 0.0261. The average Bonchev–Trinajstić information content (AvgIpc) is 3.49. The molecule has 0 aliphatic carbocycles. The highest BCUT2D eigenvalue weighted by Gasteiger charge is 2.19. The molecule has 0 aromatic heterocycles. The van der Waals surface area contributed by atoms with E-state index in [-0.39, 0.29) is 37.5 Å². The lowest BCUT2D eigenvalue weighted by molar-refractivity contribution is -0.167. The van der Waals surface area contributed by atoms with Crippen molar-refractivity contribution in [3.63, 3.8) is 0 Å². The highest BCUT2D eigenvalue weighted by molar-refractivity contribution is 5.71. The van der Waals surface area contributed by atoms with Crippen LogP contribution in [0.3, 0.4) is 0 Å². The van der Waals surface area contributed by atoms with Gasteiger partial charge in [-0.3, -0.25) is 14.4 Å². The Morgan fingerprint density at radius 2 is 0.470 bits per heavy atom. The van der Waals surface area contributed by atoms with Crippen LogP contribution in [0.2, 0.25) is 0 Å². The largest absolute Gasteiger partial charge is 0.462 e. The predicted octanol–water partition coefficient (Wildman–Crippen LogP) is 23.9. The molecule has 0 N–H and O–H groups in total. The molecule has 0 radical (unpaired) electrons. The van der Waals surface area contributed by atoms with Crippen molar-refractivity contribution in [2.45, 2.75) is 309 Å². The molecule has 470 valence electrons. The molecule has 0 amide bonds. The Labute approximate surface area is 512 Å². The zero-order chi connectivity index (χ0) is 59.9. The fourth-order valence-electron chi connectivity index (χ4n) is 9.23. The van der Waals surface area contributed by atoms with E-state index in [1.54, 1.807) is 0 Å². The van der Waals surface area contributed by atoms with Gasteiger partial charge in [-0.1, -0.05) is 289 Å². The van der Waals surface area contributed by atoms with Crippen LogP contribution in [0.4, 0.5) is 0 Å². The monoisotopic (exact) mass is 1150 g/mol. The van der Waals surface area contributed by atoms with Gasteiger partial charge in [-0.25, -0.2) is 0 Å². The van der Waals surface area contributed by atoms with E-state index < -0.39 is 6.10 Å². The molecule has 0 aliphatic heterocycles. The van der Waals surface area contributed by atoms with E-state index in [1.165, 1.54) is 116 Å². The molecule has 0 saturated carbocycles. The van der Waals surface area contributed by atoms with Crippen molar-refractivity contribution in [3.8, 4) is 0 Å². The van der Waals surface area contributed by atoms with Crippen LogP contribution in [0.5, 0.6) is 0 Å². The van der Waals surface area contributed by atoms with Gasteiger partial charge in [0.15, 0.2) is 6.10 Å². The average molecular weight is 1150 g/mol. The molecule has 1 atom stereocenters. The van der Waals surface area contributed by atoms with Crippen molar-refractivity contribution in [1.82, 2.24) is 0 Å². The first-order valence-electron chi connectivity index (χ1n) is 34.3. The van der Waals surface area contributed by atoms with Crippen LogP contribution in [0.1, 0.15) is 303 Å². The molecule has 1 unspecified atom stereocenters. The second-order valence-electron chi connectivity index (χ2n) is 22.3. The summed E-state index contributed by atoms with van der Waals surface area (Å²) in [7, 11) is 0. The summed E-state index contributed by atoms with van der Waals surface area (Å²) >= 11 is 0. The van der Waals surface area contributed by atoms with Gasteiger partial charge in [-0.2, -0.15) is 0 Å². The first-order valence-corrected chi connectivity index (χ1v) is 34.3. The Morgan fingerprint density at radius 3 is 0.759 bits per heavy atom. The summed E-state index contributed by atoms with van der Waals surface area (Å²) in [5, 5.41) is 0. The summed E-state index contributed by atoms with van der Waals surface area (Å²) < 4.78 is 16.9. The van der Waals surface area contributed by atoms with Crippen LogP contribution < -0.4 is 0 Å². The number of unbranched alkanes of at least 4 members (excludes halogenated alkanes) is 26. The Bertz CT molecular complexity index is 1800. The van der Waals surface area contributed by atoms with Crippen molar-refractivity contribution in [1.29, 1.82) is 0 Å². The summed E-state index contributed by atoms with van der Waals surface area (Å²) in [6, 6.07) is 0. The molecule has 0 aliphatic rings. The molecular weight excluding hydrogens is 1020 g/mol. The summed E-state index contributed by atoms with van der Waals surface area (Å²) in [5.41, 5.74) is 0. The van der Waals surface area contributed by atoms with Gasteiger partial charge in [-0.05, 0) is 141 Å². The number of carbonyl (C=O) groups is 3. The molecule has 6 nitrogen and oxygen atoms in total. The van der Waals surface area contributed by atoms with Crippen molar-refractivity contribution in [3.05, 3.63) is 146 Å². The van der Waals surface area contributed by atoms with Crippen molar-refractivity contribution in [2.24, 2.45) is 0 Å². The van der Waals surface area contributed by atoms with E-state index in [0.29, 0.717) is 19.3 Å². The molecule has 0 fully saturated rings. The van der Waals surface area contributed by atoms with Crippen molar-refractivity contribution in [2.75, 3.05) is 13.2 Å². The molecule has 0 aromatic carbocycles. The van der Waals surface area contributed by atoms with Gasteiger partial charge >= 0.3 is 17.9 Å². The molecule has 83 heavy (non-hydrogen) atoms. The lowest BCUT2D eigenvalue weighted by atomic mass is 10.0. The molecule has 6 heteroatoms. The summed E-state index contributed by atoms with van der Waals surface area (Å²) in [4.78, 5) is 38.3. The van der Waals surface area contributed by atoms with Crippen LogP contribution in [0.25, 0.3) is 0 Å². The van der Waals surface area contributed by atoms with Crippen molar-refractivity contribution >= 4 is 17.9 Å². The van der Waals surface area contributed by atoms with Crippen LogP contribution in [0.15, 0.2) is 146 Å². The van der Waals surface area contributed by atoms with E-state index in [9.17, 15) is 14.4 Å². The smallest absolute Gasteiger partial charge is 0.306 e. The number of hydrogen-bond acceptors (Lipinski definition) is 6. The van der Waals surface area contributed by atoms with Gasteiger partial charge < -0.3 is 14.2 Å². The third-order valence-electron chi connectivity index (χ3n) is 14.3. The van der Waals surface area contributed by atoms with E-state index in [4.69, 9.17) is 14.2 Å². The van der Waals surface area contributed by atoms with Crippen LogP contribution in [-0.2, 0) is 28.6 Å². The highest BCUT2D eigenvalue weighted by atomic mass is 16.6. The minimum Gasteiger partial charge on any atom is -0.462 e. The van der Waals surface area contributed by atoms with Crippen LogP contribution in [0, 0.1) is 0 Å². The maximum absolute atomic E-state index is 12.9. The standard InChI is InChI=1S/C77H126O6/c1-4-7-10-13-16-19-22-25-28-29-30-31-32-33-34-35-36-37-38-39-40-41-42-43-44-45-46-47-50-52-55-58-61-64-67-70-76(79)82-73-74(83-77(80)71-68-65-62-59-56-53-49-27-24-21-18-15-12-9-6-3)72-81-75(78)69-66-63-60-57-54-51-48-26-23-20-17-14-11-8-5-2/h7,9-10,12,16-21,25-28,30-31,33-34,36-37,48-49,56,59,74H,4-6,8,11,13-15,22-24,29,32,35,38-47,50-55,57-58,60-73H2,1-3H3/b10-7-,12-9-,19-16-,20-17-,21-18-,28-25-,31-30-,34-33-,37-36-,48-26-,49-27-,59-56-. The third kappa shape index (κ3) is 68.0. The number of ether oxygens (including phenoxy) is 3. The molecule has 0 saturated heterocycles. The Morgan fingerprint density at radius 1 is 0.253 bits per heavy atom. The third-order valence-corrected chi connectivity index (χ3v) is 14.3. The van der Waals surface area contributed by atoms with Gasteiger partial charge in [0.25, 0.3) is 0 Å². The second kappa shape index (κ2) is 69.8. The van der Waals surface area contributed by atoms with Crippen LogP contribution >= 0.6 is 0 Å². The predicted molar refractivity (Wildman–Crippen MR) is 362 cm³/mol. The second-order valence-corrected chi connectivity index (χ2v) is 22.3. The van der Waals surface area contributed by atoms with E-state index in [2.05, 4.69) is 167 Å². The lowest BCUT2D eigenvalue weighted by Gasteiger charge is -2.18. The number of hydrogen-bond donors (Lipinski definition) is 0. The molecular formula is C77H126O6. The van der Waals surface area contributed by atoms with Gasteiger partial charge in [0.1, 0.15) is 13.2 Å². The molecule has 0 spiro atoms. The summed E-state index contributed by atoms with van der Waals surface area (Å²) in [6.07, 6.45) is 100. The Kier molecular flexibility index (Phi) is 65.8. The molecule has 0 aromatic rings. The highest BCUT2D eigenvalue weighted by Crippen LogP contribution is 2.16. The van der Waals surface area contributed by atoms with E-state index in [1.807, 2.05) is 0 Å². The zero-order valence-electron chi connectivity index (χ0n) is 53.9. The van der Waals surface area contributed by atoms with E-state index in [0.717, 1.165) is 141 Å². The fourth-order valence-corrected chi connectivity index (χ4v) is 9.23. The van der Waals surface area contributed by atoms with Gasteiger partial charge in [-0.15, -0.1) is 0 Å². The van der Waals surface area contributed by atoms with E-state index >= 15 is 0 Å². The Hall–Kier alpha value is -4.71. The lowest BCUT2D eigenvalue weighted by Crippen LogP contribution is -2.30. The topological polar surface area (TPSA) is 78.9 Å². The van der Waals surface area contributed by atoms with Gasteiger partial charge in [0, 0.05) is 19.3 Å². The summed E-state index contributed by atoms with van der Waals surface area (Å²) in [5.74, 6) is -0.953. The van der Waals surface area contributed by atoms with Crippen LogP contribution in [-0.4, -0.2) is 37.2 Å². The zero-order valence-corrected chi connectivity index (χ0v) is 53.9. The van der Waals surface area contributed by atoms with Crippen molar-refractivity contribution < 1.29 is 28.6 Å². The molecule has 0 bridgehead atoms. The maximum atomic E-state index is 12.9. The minimum atomic E-state index is -0.810. The number of allylic oxidation sites excluding steroid dienone is 24.